The van der Waals surface area contributed by atoms with Gasteiger partial charge >= 0.3 is 0 Å². The van der Waals surface area contributed by atoms with E-state index in [1.807, 2.05) is 0 Å². The largest absolute Gasteiger partial charge is 0.325 e. The van der Waals surface area contributed by atoms with Gasteiger partial charge in [-0.25, -0.2) is 0 Å². The summed E-state index contributed by atoms with van der Waals surface area (Å²) in [5.74, 6) is -0.573. The van der Waals surface area contributed by atoms with Crippen LogP contribution in [0.3, 0.4) is 0 Å². The van der Waals surface area contributed by atoms with Crippen molar-refractivity contribution in [2.24, 2.45) is 0 Å². The molecule has 0 fully saturated rings. The Hall–Kier alpha value is -1.62. The number of carbonyl (C=O) groups excluding carboxylic acids is 1. The average Bonchev–Trinajstić information content (AvgIpc) is 2.20. The fraction of sp³-hybridized carbons (Fsp3) is 0.222. The third-order valence-electron chi connectivity index (χ3n) is 1.81. The molecule has 0 saturated carbocycles. The van der Waals surface area contributed by atoms with E-state index >= 15 is 0 Å². The maximum absolute atomic E-state index is 10.9. The average molecular weight is 229 g/mol. The van der Waals surface area contributed by atoms with Crippen LogP contribution in [-0.2, 0) is 4.79 Å². The molecule has 15 heavy (non-hydrogen) atoms. The topological polar surface area (TPSA) is 72.2 Å². The molecule has 1 amide bonds. The van der Waals surface area contributed by atoms with Gasteiger partial charge in [-0.05, 0) is 13.0 Å². The molecule has 1 N–H and O–H groups in total. The fourth-order valence-corrected chi connectivity index (χ4v) is 1.15. The maximum Gasteiger partial charge on any atom is 0.274 e. The first-order valence-electron chi connectivity index (χ1n) is 4.15. The molecule has 0 heterocycles. The Bertz CT molecular complexity index is 406. The minimum Gasteiger partial charge on any atom is -0.325 e. The Morgan fingerprint density at radius 3 is 2.80 bits per heavy atom. The molecular weight excluding hydrogens is 220 g/mol. The van der Waals surface area contributed by atoms with Gasteiger partial charge in [0.05, 0.1) is 4.92 Å². The molecule has 0 aliphatic heterocycles. The first-order chi connectivity index (χ1) is 7.04. The number of benzene rings is 1. The molecule has 0 saturated heterocycles. The Balaban J connectivity index is 2.97. The number of nitrogens with one attached hydrogen (secondary N) is 1. The SMILES string of the molecule is Cc1ccc(NC(=O)CCl)cc1[N+](=O)[O-]. The van der Waals surface area contributed by atoms with Crippen LogP contribution < -0.4 is 5.32 Å². The Kier molecular flexibility index (Phi) is 3.62. The minimum atomic E-state index is -0.494. The second kappa shape index (κ2) is 4.75. The summed E-state index contributed by atoms with van der Waals surface area (Å²) in [7, 11) is 0. The molecule has 1 aromatic carbocycles. The van der Waals surface area contributed by atoms with Crippen LogP contribution in [-0.4, -0.2) is 16.7 Å². The summed E-state index contributed by atoms with van der Waals surface area (Å²) in [5, 5.41) is 13.0. The molecule has 0 spiro atoms. The van der Waals surface area contributed by atoms with Gasteiger partial charge in [0.2, 0.25) is 5.91 Å². The lowest BCUT2D eigenvalue weighted by molar-refractivity contribution is -0.385. The lowest BCUT2D eigenvalue weighted by Gasteiger charge is -2.03. The fourth-order valence-electron chi connectivity index (χ4n) is 1.08. The van der Waals surface area contributed by atoms with Crippen LogP contribution in [0.15, 0.2) is 18.2 Å². The van der Waals surface area contributed by atoms with Crippen LogP contribution in [0.4, 0.5) is 11.4 Å². The Labute approximate surface area is 91.2 Å². The highest BCUT2D eigenvalue weighted by Crippen LogP contribution is 2.22. The molecule has 0 aromatic heterocycles. The number of amides is 1. The number of hydrogen-bond donors (Lipinski definition) is 1. The predicted octanol–water partition coefficient (Wildman–Crippen LogP) is 2.08. The highest BCUT2D eigenvalue weighted by atomic mass is 35.5. The number of hydrogen-bond acceptors (Lipinski definition) is 3. The first-order valence-corrected chi connectivity index (χ1v) is 4.69. The first kappa shape index (κ1) is 11.5. The quantitative estimate of drug-likeness (QED) is 0.489. The van der Waals surface area contributed by atoms with Gasteiger partial charge in [0.1, 0.15) is 5.88 Å². The van der Waals surface area contributed by atoms with Gasteiger partial charge in [0, 0.05) is 17.3 Å². The standard InChI is InChI=1S/C9H9ClN2O3/c1-6-2-3-7(11-9(13)5-10)4-8(6)12(14)15/h2-4H,5H2,1H3,(H,11,13). The summed E-state index contributed by atoms with van der Waals surface area (Å²) in [4.78, 5) is 21.0. The van der Waals surface area contributed by atoms with Crippen molar-refractivity contribution in [3.8, 4) is 0 Å². The van der Waals surface area contributed by atoms with Crippen molar-refractivity contribution in [1.82, 2.24) is 0 Å². The number of halogens is 1. The normalized spacial score (nSPS) is 9.73. The minimum absolute atomic E-state index is 0.0256. The summed E-state index contributed by atoms with van der Waals surface area (Å²) < 4.78 is 0. The maximum atomic E-state index is 10.9. The summed E-state index contributed by atoms with van der Waals surface area (Å²) in [6.45, 7) is 1.63. The summed E-state index contributed by atoms with van der Waals surface area (Å²) >= 11 is 5.29. The van der Waals surface area contributed by atoms with Crippen molar-refractivity contribution in [1.29, 1.82) is 0 Å². The van der Waals surface area contributed by atoms with Crippen molar-refractivity contribution in [3.63, 3.8) is 0 Å². The summed E-state index contributed by atoms with van der Waals surface area (Å²) in [6, 6.07) is 4.47. The van der Waals surface area contributed by atoms with E-state index in [0.29, 0.717) is 11.3 Å². The van der Waals surface area contributed by atoms with Crippen LogP contribution in [0.2, 0.25) is 0 Å². The van der Waals surface area contributed by atoms with Crippen molar-refractivity contribution < 1.29 is 9.72 Å². The molecule has 0 atom stereocenters. The van der Waals surface area contributed by atoms with E-state index < -0.39 is 10.8 Å². The van der Waals surface area contributed by atoms with E-state index in [1.165, 1.54) is 6.07 Å². The van der Waals surface area contributed by atoms with Gasteiger partial charge in [-0.15, -0.1) is 11.6 Å². The zero-order chi connectivity index (χ0) is 11.4. The van der Waals surface area contributed by atoms with Crippen LogP contribution in [0.1, 0.15) is 5.56 Å². The third-order valence-corrected chi connectivity index (χ3v) is 2.05. The van der Waals surface area contributed by atoms with Crippen molar-refractivity contribution >= 4 is 28.9 Å². The lowest BCUT2D eigenvalue weighted by atomic mass is 10.2. The zero-order valence-corrected chi connectivity index (χ0v) is 8.75. The molecule has 0 unspecified atom stereocenters. The molecule has 5 nitrogen and oxygen atoms in total. The third kappa shape index (κ3) is 2.92. The molecule has 0 aliphatic rings. The smallest absolute Gasteiger partial charge is 0.274 e. The van der Waals surface area contributed by atoms with Gasteiger partial charge in [-0.2, -0.15) is 0 Å². The van der Waals surface area contributed by atoms with Gasteiger partial charge in [0.25, 0.3) is 5.69 Å². The van der Waals surface area contributed by atoms with E-state index in [1.54, 1.807) is 19.1 Å². The molecule has 0 aliphatic carbocycles. The predicted molar refractivity (Wildman–Crippen MR) is 57.2 cm³/mol. The lowest BCUT2D eigenvalue weighted by Crippen LogP contribution is -2.12. The van der Waals surface area contributed by atoms with Crippen LogP contribution in [0.25, 0.3) is 0 Å². The number of rotatable bonds is 3. The Morgan fingerprint density at radius 1 is 1.60 bits per heavy atom. The summed E-state index contributed by atoms with van der Waals surface area (Å²) in [5.41, 5.74) is 0.893. The van der Waals surface area contributed by atoms with Gasteiger partial charge < -0.3 is 5.32 Å². The Morgan fingerprint density at radius 2 is 2.27 bits per heavy atom. The second-order valence-corrected chi connectivity index (χ2v) is 3.21. The molecule has 1 rings (SSSR count). The van der Waals surface area contributed by atoms with Crippen LogP contribution in [0, 0.1) is 17.0 Å². The summed E-state index contributed by atoms with van der Waals surface area (Å²) in [6.07, 6.45) is 0. The number of aryl methyl sites for hydroxylation is 1. The number of anilines is 1. The van der Waals surface area contributed by atoms with Gasteiger partial charge in [-0.1, -0.05) is 6.07 Å². The van der Waals surface area contributed by atoms with E-state index in [4.69, 9.17) is 11.6 Å². The number of alkyl halides is 1. The van der Waals surface area contributed by atoms with Gasteiger partial charge in [0.15, 0.2) is 0 Å². The number of nitrogens with zero attached hydrogens (tertiary/aromatic N) is 1. The number of carbonyl (C=O) groups is 1. The van der Waals surface area contributed by atoms with E-state index in [2.05, 4.69) is 5.32 Å². The van der Waals surface area contributed by atoms with Crippen molar-refractivity contribution in [3.05, 3.63) is 33.9 Å². The second-order valence-electron chi connectivity index (χ2n) is 2.94. The molecule has 1 aromatic rings. The molecular formula is C9H9ClN2O3. The van der Waals surface area contributed by atoms with Gasteiger partial charge in [-0.3, -0.25) is 14.9 Å². The van der Waals surface area contributed by atoms with E-state index in [9.17, 15) is 14.9 Å². The highest BCUT2D eigenvalue weighted by Gasteiger charge is 2.11. The molecule has 80 valence electrons. The molecule has 0 radical (unpaired) electrons. The molecule has 0 bridgehead atoms. The zero-order valence-electron chi connectivity index (χ0n) is 7.99. The monoisotopic (exact) mass is 228 g/mol. The van der Waals surface area contributed by atoms with E-state index in [-0.39, 0.29) is 11.6 Å². The highest BCUT2D eigenvalue weighted by molar-refractivity contribution is 6.29. The number of nitro groups is 1. The number of nitro benzene ring substituents is 1. The van der Waals surface area contributed by atoms with Crippen LogP contribution in [0.5, 0.6) is 0 Å². The van der Waals surface area contributed by atoms with E-state index in [0.717, 1.165) is 0 Å². The van der Waals surface area contributed by atoms with Crippen molar-refractivity contribution in [2.45, 2.75) is 6.92 Å². The van der Waals surface area contributed by atoms with Crippen LogP contribution >= 0.6 is 11.6 Å². The van der Waals surface area contributed by atoms with Crippen molar-refractivity contribution in [2.75, 3.05) is 11.2 Å². The molecule has 6 heteroatoms.